The van der Waals surface area contributed by atoms with Gasteiger partial charge in [0.15, 0.2) is 0 Å². The standard InChI is InChI=1S/C14H17ClFNO2/c15-9-3-8(4-10(16)5-9)13(18)14(7-17)6-11-1-2-12(14)19-11/h3-5,11-13,18H,1-2,6-7,17H2. The molecule has 2 saturated heterocycles. The van der Waals surface area contributed by atoms with Crippen molar-refractivity contribution in [2.75, 3.05) is 6.54 Å². The number of rotatable bonds is 3. The highest BCUT2D eigenvalue weighted by atomic mass is 35.5. The minimum Gasteiger partial charge on any atom is -0.388 e. The Bertz CT molecular complexity index is 478. The summed E-state index contributed by atoms with van der Waals surface area (Å²) in [6.45, 7) is 0.323. The fourth-order valence-corrected chi connectivity index (χ4v) is 3.74. The van der Waals surface area contributed by atoms with E-state index >= 15 is 0 Å². The summed E-state index contributed by atoms with van der Waals surface area (Å²) in [4.78, 5) is 0. The van der Waals surface area contributed by atoms with Crippen LogP contribution in [-0.2, 0) is 4.74 Å². The lowest BCUT2D eigenvalue weighted by Crippen LogP contribution is -2.44. The zero-order valence-electron chi connectivity index (χ0n) is 10.5. The number of hydrogen-bond donors (Lipinski definition) is 2. The topological polar surface area (TPSA) is 55.5 Å². The van der Waals surface area contributed by atoms with Gasteiger partial charge in [-0.15, -0.1) is 0 Å². The van der Waals surface area contributed by atoms with E-state index in [9.17, 15) is 9.50 Å². The zero-order valence-corrected chi connectivity index (χ0v) is 11.2. The van der Waals surface area contributed by atoms with Crippen LogP contribution in [-0.4, -0.2) is 23.9 Å². The van der Waals surface area contributed by atoms with Crippen molar-refractivity contribution in [3.63, 3.8) is 0 Å². The maximum Gasteiger partial charge on any atom is 0.125 e. The van der Waals surface area contributed by atoms with E-state index in [0.29, 0.717) is 12.1 Å². The molecule has 2 fully saturated rings. The van der Waals surface area contributed by atoms with Gasteiger partial charge in [0.2, 0.25) is 0 Å². The molecule has 19 heavy (non-hydrogen) atoms. The van der Waals surface area contributed by atoms with Gasteiger partial charge in [-0.3, -0.25) is 0 Å². The Kier molecular flexibility index (Phi) is 3.29. The van der Waals surface area contributed by atoms with E-state index in [1.54, 1.807) is 6.07 Å². The number of nitrogens with two attached hydrogens (primary N) is 1. The number of aliphatic hydroxyl groups excluding tert-OH is 1. The van der Waals surface area contributed by atoms with E-state index in [1.165, 1.54) is 12.1 Å². The van der Waals surface area contributed by atoms with Gasteiger partial charge in [-0.2, -0.15) is 0 Å². The van der Waals surface area contributed by atoms with Crippen molar-refractivity contribution in [1.29, 1.82) is 0 Å². The Hall–Kier alpha value is -0.680. The third-order valence-electron chi connectivity index (χ3n) is 4.48. The van der Waals surface area contributed by atoms with Gasteiger partial charge in [0.1, 0.15) is 5.82 Å². The third kappa shape index (κ3) is 2.07. The first-order valence-corrected chi connectivity index (χ1v) is 6.92. The lowest BCUT2D eigenvalue weighted by Gasteiger charge is -2.38. The van der Waals surface area contributed by atoms with Gasteiger partial charge < -0.3 is 15.6 Å². The number of aliphatic hydroxyl groups is 1. The van der Waals surface area contributed by atoms with E-state index in [4.69, 9.17) is 22.1 Å². The molecule has 0 spiro atoms. The predicted octanol–water partition coefficient (Wildman–Crippen LogP) is 2.41. The first-order valence-electron chi connectivity index (χ1n) is 6.55. The summed E-state index contributed by atoms with van der Waals surface area (Å²) >= 11 is 5.85. The molecule has 104 valence electrons. The van der Waals surface area contributed by atoms with Gasteiger partial charge in [-0.05, 0) is 43.0 Å². The van der Waals surface area contributed by atoms with Gasteiger partial charge in [-0.25, -0.2) is 4.39 Å². The van der Waals surface area contributed by atoms with Crippen molar-refractivity contribution in [2.45, 2.75) is 37.6 Å². The normalized spacial score (nSPS) is 34.7. The van der Waals surface area contributed by atoms with Crippen molar-refractivity contribution in [3.05, 3.63) is 34.6 Å². The highest BCUT2D eigenvalue weighted by Crippen LogP contribution is 2.53. The first-order chi connectivity index (χ1) is 9.05. The average Bonchev–Trinajstić information content (AvgIpc) is 2.97. The van der Waals surface area contributed by atoms with Gasteiger partial charge >= 0.3 is 0 Å². The summed E-state index contributed by atoms with van der Waals surface area (Å²) in [5.41, 5.74) is 5.87. The minimum atomic E-state index is -0.846. The monoisotopic (exact) mass is 285 g/mol. The van der Waals surface area contributed by atoms with Crippen LogP contribution in [0.3, 0.4) is 0 Å². The molecule has 0 radical (unpaired) electrons. The quantitative estimate of drug-likeness (QED) is 0.897. The van der Waals surface area contributed by atoms with Gasteiger partial charge in [0, 0.05) is 17.0 Å². The Morgan fingerprint density at radius 1 is 1.47 bits per heavy atom. The van der Waals surface area contributed by atoms with E-state index in [2.05, 4.69) is 0 Å². The molecular formula is C14H17ClFNO2. The number of ether oxygens (including phenoxy) is 1. The Morgan fingerprint density at radius 3 is 2.79 bits per heavy atom. The van der Waals surface area contributed by atoms with Crippen LogP contribution in [0.4, 0.5) is 4.39 Å². The molecule has 2 aliphatic heterocycles. The van der Waals surface area contributed by atoms with Gasteiger partial charge in [0.25, 0.3) is 0 Å². The van der Waals surface area contributed by atoms with Crippen molar-refractivity contribution >= 4 is 11.6 Å². The highest BCUT2D eigenvalue weighted by Gasteiger charge is 2.55. The van der Waals surface area contributed by atoms with Gasteiger partial charge in [-0.1, -0.05) is 11.6 Å². The predicted molar refractivity (Wildman–Crippen MR) is 70.4 cm³/mol. The maximum absolute atomic E-state index is 13.4. The highest BCUT2D eigenvalue weighted by molar-refractivity contribution is 6.30. The largest absolute Gasteiger partial charge is 0.388 e. The van der Waals surface area contributed by atoms with E-state index in [0.717, 1.165) is 19.3 Å². The number of benzene rings is 1. The van der Waals surface area contributed by atoms with Crippen LogP contribution in [0.25, 0.3) is 0 Å². The molecule has 2 heterocycles. The second kappa shape index (κ2) is 4.70. The fourth-order valence-electron chi connectivity index (χ4n) is 3.51. The average molecular weight is 286 g/mol. The summed E-state index contributed by atoms with van der Waals surface area (Å²) in [6, 6.07) is 4.14. The Morgan fingerprint density at radius 2 is 2.26 bits per heavy atom. The molecule has 2 bridgehead atoms. The van der Waals surface area contributed by atoms with Crippen LogP contribution in [0.1, 0.15) is 30.9 Å². The molecule has 3 rings (SSSR count). The van der Waals surface area contributed by atoms with Crippen molar-refractivity contribution in [2.24, 2.45) is 11.1 Å². The molecule has 3 N–H and O–H groups in total. The van der Waals surface area contributed by atoms with Crippen LogP contribution in [0.2, 0.25) is 5.02 Å². The molecule has 4 unspecified atom stereocenters. The molecule has 2 aliphatic rings. The maximum atomic E-state index is 13.4. The number of hydrogen-bond acceptors (Lipinski definition) is 3. The van der Waals surface area contributed by atoms with E-state index < -0.39 is 17.3 Å². The lowest BCUT2D eigenvalue weighted by atomic mass is 9.68. The molecular weight excluding hydrogens is 269 g/mol. The SMILES string of the molecule is NCC1(C(O)c2cc(F)cc(Cl)c2)CC2CCC1O2. The summed E-state index contributed by atoms with van der Waals surface area (Å²) in [5.74, 6) is -0.446. The number of halogens is 2. The van der Waals surface area contributed by atoms with Crippen LogP contribution in [0, 0.1) is 11.2 Å². The fraction of sp³-hybridized carbons (Fsp3) is 0.571. The van der Waals surface area contributed by atoms with Gasteiger partial charge in [0.05, 0.1) is 18.3 Å². The molecule has 0 amide bonds. The molecule has 3 nitrogen and oxygen atoms in total. The summed E-state index contributed by atoms with van der Waals surface area (Å²) in [6.07, 6.45) is 1.93. The van der Waals surface area contributed by atoms with Crippen LogP contribution >= 0.6 is 11.6 Å². The zero-order chi connectivity index (χ0) is 13.6. The Balaban J connectivity index is 1.95. The van der Waals surface area contributed by atoms with Crippen molar-refractivity contribution in [1.82, 2.24) is 0 Å². The molecule has 4 atom stereocenters. The van der Waals surface area contributed by atoms with Crippen LogP contribution in [0.15, 0.2) is 18.2 Å². The molecule has 0 saturated carbocycles. The molecule has 1 aromatic carbocycles. The third-order valence-corrected chi connectivity index (χ3v) is 4.70. The first kappa shape index (κ1) is 13.3. The molecule has 0 aromatic heterocycles. The van der Waals surface area contributed by atoms with Crippen LogP contribution < -0.4 is 5.73 Å². The van der Waals surface area contributed by atoms with E-state index in [-0.39, 0.29) is 17.2 Å². The lowest BCUT2D eigenvalue weighted by molar-refractivity contribution is -0.0265. The smallest absolute Gasteiger partial charge is 0.125 e. The number of fused-ring (bicyclic) bond motifs is 2. The molecule has 5 heteroatoms. The summed E-state index contributed by atoms with van der Waals surface area (Å²) in [7, 11) is 0. The summed E-state index contributed by atoms with van der Waals surface area (Å²) in [5, 5.41) is 10.9. The second-order valence-electron chi connectivity index (χ2n) is 5.57. The van der Waals surface area contributed by atoms with Crippen LogP contribution in [0.5, 0.6) is 0 Å². The molecule has 0 aliphatic carbocycles. The van der Waals surface area contributed by atoms with Crippen molar-refractivity contribution < 1.29 is 14.2 Å². The molecule has 1 aromatic rings. The van der Waals surface area contributed by atoms with Crippen molar-refractivity contribution in [3.8, 4) is 0 Å². The second-order valence-corrected chi connectivity index (χ2v) is 6.01. The van der Waals surface area contributed by atoms with E-state index in [1.807, 2.05) is 0 Å². The Labute approximate surface area is 116 Å². The minimum absolute atomic E-state index is 0.0421. The summed E-state index contributed by atoms with van der Waals surface area (Å²) < 4.78 is 19.2.